The van der Waals surface area contributed by atoms with Crippen LogP contribution in [0.1, 0.15) is 5.56 Å². The molecule has 1 aromatic carbocycles. The highest BCUT2D eigenvalue weighted by Crippen LogP contribution is 2.12. The lowest BCUT2D eigenvalue weighted by atomic mass is 10.1. The van der Waals surface area contributed by atoms with E-state index in [0.29, 0.717) is 5.56 Å². The minimum Gasteiger partial charge on any atom is -0.352 e. The van der Waals surface area contributed by atoms with Crippen molar-refractivity contribution in [1.82, 2.24) is 10.6 Å². The molecular formula is C12H14F3N3O2. The van der Waals surface area contributed by atoms with Gasteiger partial charge in [0.25, 0.3) is 0 Å². The smallest absolute Gasteiger partial charge is 0.352 e. The molecule has 0 saturated heterocycles. The molecule has 0 unspecified atom stereocenters. The molecule has 0 heterocycles. The number of carbonyl (C=O) groups excluding carboxylic acids is 2. The number of carbonyl (C=O) groups is 2. The van der Waals surface area contributed by atoms with Gasteiger partial charge < -0.3 is 16.4 Å². The van der Waals surface area contributed by atoms with Crippen LogP contribution in [0.4, 0.5) is 18.0 Å². The number of halogens is 3. The molecule has 0 bridgehead atoms. The minimum atomic E-state index is -4.51. The molecule has 4 N–H and O–H groups in total. The maximum Gasteiger partial charge on any atom is 0.405 e. The molecule has 0 aromatic heterocycles. The molecule has 110 valence electrons. The lowest BCUT2D eigenvalue weighted by Gasteiger charge is -2.18. The van der Waals surface area contributed by atoms with Gasteiger partial charge >= 0.3 is 12.2 Å². The zero-order chi connectivity index (χ0) is 15.2. The quantitative estimate of drug-likeness (QED) is 0.754. The Morgan fingerprint density at radius 3 is 2.30 bits per heavy atom. The van der Waals surface area contributed by atoms with Gasteiger partial charge in [-0.1, -0.05) is 30.3 Å². The Morgan fingerprint density at radius 2 is 1.80 bits per heavy atom. The minimum absolute atomic E-state index is 0.0491. The Hall–Kier alpha value is -2.25. The Morgan fingerprint density at radius 1 is 1.20 bits per heavy atom. The summed E-state index contributed by atoms with van der Waals surface area (Å²) in [5.41, 5.74) is 5.60. The average Bonchev–Trinajstić information content (AvgIpc) is 2.35. The highest BCUT2D eigenvalue weighted by atomic mass is 19.4. The number of nitrogens with one attached hydrogen (secondary N) is 2. The predicted molar refractivity (Wildman–Crippen MR) is 65.7 cm³/mol. The average molecular weight is 289 g/mol. The lowest BCUT2D eigenvalue weighted by Crippen LogP contribution is -2.51. The summed E-state index contributed by atoms with van der Waals surface area (Å²) in [4.78, 5) is 22.5. The number of benzene rings is 1. The fourth-order valence-corrected chi connectivity index (χ4v) is 1.54. The summed E-state index contributed by atoms with van der Waals surface area (Å²) in [5, 5.41) is 3.84. The van der Waals surface area contributed by atoms with Crippen molar-refractivity contribution >= 4 is 11.9 Å². The largest absolute Gasteiger partial charge is 0.405 e. The Kier molecular flexibility index (Phi) is 5.36. The topological polar surface area (TPSA) is 84.2 Å². The van der Waals surface area contributed by atoms with Crippen molar-refractivity contribution < 1.29 is 22.8 Å². The number of hydrogen-bond donors (Lipinski definition) is 3. The van der Waals surface area contributed by atoms with E-state index in [4.69, 9.17) is 5.73 Å². The number of nitrogens with two attached hydrogens (primary N) is 1. The number of hydrogen-bond acceptors (Lipinski definition) is 2. The molecule has 0 spiro atoms. The molecule has 5 nitrogen and oxygen atoms in total. The van der Waals surface area contributed by atoms with Crippen LogP contribution in [-0.4, -0.2) is 30.7 Å². The third kappa shape index (κ3) is 6.07. The molecule has 0 fully saturated rings. The first kappa shape index (κ1) is 15.8. The summed E-state index contributed by atoms with van der Waals surface area (Å²) in [6.45, 7) is -1.46. The molecular weight excluding hydrogens is 275 g/mol. The lowest BCUT2D eigenvalue weighted by molar-refractivity contribution is -0.139. The highest BCUT2D eigenvalue weighted by Gasteiger charge is 2.30. The van der Waals surface area contributed by atoms with Crippen LogP contribution in [0.2, 0.25) is 0 Å². The number of alkyl halides is 3. The first-order valence-corrected chi connectivity index (χ1v) is 5.72. The Balaban J connectivity index is 2.68. The van der Waals surface area contributed by atoms with Crippen LogP contribution < -0.4 is 16.4 Å². The molecule has 0 saturated carbocycles. The van der Waals surface area contributed by atoms with Crippen LogP contribution in [0.25, 0.3) is 0 Å². The Bertz CT molecular complexity index is 463. The van der Waals surface area contributed by atoms with E-state index in [-0.39, 0.29) is 6.42 Å². The van der Waals surface area contributed by atoms with E-state index < -0.39 is 30.7 Å². The van der Waals surface area contributed by atoms with E-state index in [0.717, 1.165) is 0 Å². The van der Waals surface area contributed by atoms with Crippen molar-refractivity contribution in [3.8, 4) is 0 Å². The molecule has 0 aliphatic carbocycles. The second kappa shape index (κ2) is 6.78. The molecule has 20 heavy (non-hydrogen) atoms. The SMILES string of the molecule is NC(=O)N[C@H](Cc1ccccc1)C(=O)NCC(F)(F)F. The van der Waals surface area contributed by atoms with Gasteiger partial charge in [0.2, 0.25) is 5.91 Å². The van der Waals surface area contributed by atoms with Crippen LogP contribution in [0.3, 0.4) is 0 Å². The first-order valence-electron chi connectivity index (χ1n) is 5.72. The normalized spacial score (nSPS) is 12.6. The van der Waals surface area contributed by atoms with Crippen molar-refractivity contribution in [2.45, 2.75) is 18.6 Å². The fraction of sp³-hybridized carbons (Fsp3) is 0.333. The molecule has 0 radical (unpaired) electrons. The molecule has 1 atom stereocenters. The number of urea groups is 1. The standard InChI is InChI=1S/C12H14F3N3O2/c13-12(14,15)7-17-10(19)9(18-11(16)20)6-8-4-2-1-3-5-8/h1-5,9H,6-7H2,(H,17,19)(H3,16,18,20)/t9-/m1/s1. The first-order chi connectivity index (χ1) is 9.28. The Labute approximate surface area is 113 Å². The van der Waals surface area contributed by atoms with Crippen LogP contribution in [0, 0.1) is 0 Å². The summed E-state index contributed by atoms with van der Waals surface area (Å²) >= 11 is 0. The van der Waals surface area contributed by atoms with Gasteiger partial charge in [-0.3, -0.25) is 4.79 Å². The second-order valence-electron chi connectivity index (χ2n) is 4.08. The van der Waals surface area contributed by atoms with Crippen molar-refractivity contribution in [3.05, 3.63) is 35.9 Å². The van der Waals surface area contributed by atoms with Crippen LogP contribution in [0.5, 0.6) is 0 Å². The molecule has 0 aliphatic heterocycles. The van der Waals surface area contributed by atoms with Gasteiger partial charge in [-0.2, -0.15) is 13.2 Å². The van der Waals surface area contributed by atoms with E-state index in [1.165, 1.54) is 0 Å². The van der Waals surface area contributed by atoms with Gasteiger partial charge in [0.15, 0.2) is 0 Å². The van der Waals surface area contributed by atoms with Crippen LogP contribution in [-0.2, 0) is 11.2 Å². The summed E-state index contributed by atoms with van der Waals surface area (Å²) in [6, 6.07) is 6.42. The van der Waals surface area contributed by atoms with Gasteiger partial charge in [0.05, 0.1) is 0 Å². The maximum atomic E-state index is 12.0. The van der Waals surface area contributed by atoms with E-state index in [1.54, 1.807) is 35.6 Å². The zero-order valence-electron chi connectivity index (χ0n) is 10.4. The number of amides is 3. The molecule has 0 aliphatic rings. The van der Waals surface area contributed by atoms with Crippen LogP contribution >= 0.6 is 0 Å². The molecule has 8 heteroatoms. The van der Waals surface area contributed by atoms with Crippen molar-refractivity contribution in [2.75, 3.05) is 6.54 Å². The van der Waals surface area contributed by atoms with Gasteiger partial charge in [-0.15, -0.1) is 0 Å². The highest BCUT2D eigenvalue weighted by molar-refractivity contribution is 5.86. The summed E-state index contributed by atoms with van der Waals surface area (Å²) < 4.78 is 36.1. The summed E-state index contributed by atoms with van der Waals surface area (Å²) in [6.07, 6.45) is -4.47. The number of primary amides is 1. The van der Waals surface area contributed by atoms with Crippen LogP contribution in [0.15, 0.2) is 30.3 Å². The van der Waals surface area contributed by atoms with Gasteiger partial charge in [-0.05, 0) is 5.56 Å². The molecule has 1 aromatic rings. The monoisotopic (exact) mass is 289 g/mol. The zero-order valence-corrected chi connectivity index (χ0v) is 10.4. The van der Waals surface area contributed by atoms with Gasteiger partial charge in [0.1, 0.15) is 12.6 Å². The third-order valence-electron chi connectivity index (χ3n) is 2.38. The summed E-state index contributed by atoms with van der Waals surface area (Å²) in [7, 11) is 0. The van der Waals surface area contributed by atoms with E-state index in [9.17, 15) is 22.8 Å². The van der Waals surface area contributed by atoms with Crippen molar-refractivity contribution in [2.24, 2.45) is 5.73 Å². The van der Waals surface area contributed by atoms with E-state index in [1.807, 2.05) is 0 Å². The summed E-state index contributed by atoms with van der Waals surface area (Å²) in [5.74, 6) is -0.940. The van der Waals surface area contributed by atoms with E-state index >= 15 is 0 Å². The maximum absolute atomic E-state index is 12.0. The molecule has 1 rings (SSSR count). The third-order valence-corrected chi connectivity index (χ3v) is 2.38. The second-order valence-corrected chi connectivity index (χ2v) is 4.08. The van der Waals surface area contributed by atoms with Crippen molar-refractivity contribution in [1.29, 1.82) is 0 Å². The van der Waals surface area contributed by atoms with Crippen molar-refractivity contribution in [3.63, 3.8) is 0 Å². The fourth-order valence-electron chi connectivity index (χ4n) is 1.54. The van der Waals surface area contributed by atoms with Gasteiger partial charge in [-0.25, -0.2) is 4.79 Å². The van der Waals surface area contributed by atoms with Gasteiger partial charge in [0, 0.05) is 6.42 Å². The molecule has 3 amide bonds. The van der Waals surface area contributed by atoms with E-state index in [2.05, 4.69) is 5.32 Å². The number of rotatable bonds is 5. The predicted octanol–water partition coefficient (Wildman–Crippen LogP) is 0.944.